The molecule has 0 aliphatic carbocycles. The van der Waals surface area contributed by atoms with E-state index in [4.69, 9.17) is 0 Å². The van der Waals surface area contributed by atoms with E-state index in [1.54, 1.807) is 12.1 Å². The van der Waals surface area contributed by atoms with Crippen molar-refractivity contribution in [2.45, 2.75) is 26.8 Å². The summed E-state index contributed by atoms with van der Waals surface area (Å²) in [5.41, 5.74) is 3.81. The topological polar surface area (TPSA) is 65.5 Å². The summed E-state index contributed by atoms with van der Waals surface area (Å²) in [6.07, 6.45) is 0.252. The van der Waals surface area contributed by atoms with Crippen LogP contribution in [0.5, 0.6) is 0 Å². The van der Waals surface area contributed by atoms with Gasteiger partial charge in [-0.1, -0.05) is 17.7 Å². The summed E-state index contributed by atoms with van der Waals surface area (Å²) in [5.74, 6) is -0.573. The molecule has 1 aliphatic rings. The molecule has 1 fully saturated rings. The molecular formula is C25H27FN4O2S. The van der Waals surface area contributed by atoms with Crippen molar-refractivity contribution in [3.8, 4) is 0 Å². The quantitative estimate of drug-likeness (QED) is 0.526. The van der Waals surface area contributed by atoms with Crippen LogP contribution in [-0.4, -0.2) is 47.8 Å². The Balaban J connectivity index is 1.27. The number of carbonyl (C=O) groups excluding carboxylic acids is 2. The van der Waals surface area contributed by atoms with Gasteiger partial charge in [0, 0.05) is 49.4 Å². The van der Waals surface area contributed by atoms with Crippen LogP contribution in [0.15, 0.2) is 47.8 Å². The molecule has 0 unspecified atom stereocenters. The minimum Gasteiger partial charge on any atom is -0.367 e. The molecule has 33 heavy (non-hydrogen) atoms. The first-order chi connectivity index (χ1) is 15.9. The number of aromatic nitrogens is 1. The Kier molecular flexibility index (Phi) is 7.15. The third kappa shape index (κ3) is 6.03. The second kappa shape index (κ2) is 10.2. The lowest BCUT2D eigenvalue weighted by molar-refractivity contribution is -0.115. The van der Waals surface area contributed by atoms with Crippen LogP contribution >= 0.6 is 11.3 Å². The number of rotatable bonds is 7. The molecule has 0 radical (unpaired) electrons. The summed E-state index contributed by atoms with van der Waals surface area (Å²) in [5, 5.41) is 5.70. The Hall–Kier alpha value is -3.10. The molecule has 1 aliphatic heterocycles. The maximum Gasteiger partial charge on any atom is 0.231 e. The van der Waals surface area contributed by atoms with E-state index in [1.807, 2.05) is 41.5 Å². The van der Waals surface area contributed by atoms with E-state index in [0.717, 1.165) is 35.0 Å². The van der Waals surface area contributed by atoms with Crippen molar-refractivity contribution in [2.75, 3.05) is 36.4 Å². The number of aryl methyl sites for hydroxylation is 1. The van der Waals surface area contributed by atoms with E-state index >= 15 is 0 Å². The predicted octanol–water partition coefficient (Wildman–Crippen LogP) is 4.30. The standard InChI is InChI=1S/C25H27FN4O2S/c1-17-3-6-20(7-4-17)27-24(32)14-25-28-21(16-33-25)15-29-9-11-30(12-10-29)23-8-5-19(18(2)31)13-22(23)26/h3-8,13,16H,9-12,14-15H2,1-2H3,(H,27,32). The van der Waals surface area contributed by atoms with E-state index in [9.17, 15) is 14.0 Å². The van der Waals surface area contributed by atoms with Crippen molar-refractivity contribution < 1.29 is 14.0 Å². The number of Topliss-reactive ketones (excluding diaryl/α,β-unsaturated/α-hetero) is 1. The second-order valence-electron chi connectivity index (χ2n) is 8.31. The zero-order valence-corrected chi connectivity index (χ0v) is 19.6. The zero-order chi connectivity index (χ0) is 23.4. The lowest BCUT2D eigenvalue weighted by Crippen LogP contribution is -2.46. The van der Waals surface area contributed by atoms with Crippen LogP contribution in [0.1, 0.15) is 33.5 Å². The fourth-order valence-corrected chi connectivity index (χ4v) is 4.62. The number of halogens is 1. The van der Waals surface area contributed by atoms with Gasteiger partial charge in [0.05, 0.1) is 17.8 Å². The molecule has 2 aromatic carbocycles. The lowest BCUT2D eigenvalue weighted by atomic mass is 10.1. The normalized spacial score (nSPS) is 14.3. The number of benzene rings is 2. The molecular weight excluding hydrogens is 439 g/mol. The Morgan fingerprint density at radius 2 is 1.82 bits per heavy atom. The fraction of sp³-hybridized carbons (Fsp3) is 0.320. The van der Waals surface area contributed by atoms with Crippen LogP contribution in [0.4, 0.5) is 15.8 Å². The molecule has 172 valence electrons. The third-order valence-electron chi connectivity index (χ3n) is 5.70. The van der Waals surface area contributed by atoms with Crippen LogP contribution in [0.25, 0.3) is 0 Å². The highest BCUT2D eigenvalue weighted by molar-refractivity contribution is 7.09. The van der Waals surface area contributed by atoms with E-state index in [2.05, 4.69) is 15.2 Å². The summed E-state index contributed by atoms with van der Waals surface area (Å²) in [6.45, 7) is 7.12. The SMILES string of the molecule is CC(=O)c1ccc(N2CCN(Cc3csc(CC(=O)Nc4ccc(C)cc4)n3)CC2)c(F)c1. The maximum atomic E-state index is 14.5. The number of nitrogens with one attached hydrogen (secondary N) is 1. The number of carbonyl (C=O) groups is 2. The van der Waals surface area contributed by atoms with E-state index in [1.165, 1.54) is 24.3 Å². The van der Waals surface area contributed by atoms with Crippen LogP contribution in [0, 0.1) is 12.7 Å². The summed E-state index contributed by atoms with van der Waals surface area (Å²) in [7, 11) is 0. The maximum absolute atomic E-state index is 14.5. The Labute approximate surface area is 197 Å². The molecule has 0 spiro atoms. The number of ketones is 1. The van der Waals surface area contributed by atoms with E-state index in [-0.39, 0.29) is 23.9 Å². The van der Waals surface area contributed by atoms with Gasteiger partial charge in [-0.3, -0.25) is 14.5 Å². The minimum atomic E-state index is -0.357. The number of nitrogens with zero attached hydrogens (tertiary/aromatic N) is 3. The largest absolute Gasteiger partial charge is 0.367 e. The average molecular weight is 467 g/mol. The smallest absolute Gasteiger partial charge is 0.231 e. The molecule has 6 nitrogen and oxygen atoms in total. The van der Waals surface area contributed by atoms with Crippen LogP contribution in [0.3, 0.4) is 0 Å². The lowest BCUT2D eigenvalue weighted by Gasteiger charge is -2.36. The first-order valence-corrected chi connectivity index (χ1v) is 11.8. The van der Waals surface area contributed by atoms with Gasteiger partial charge in [-0.2, -0.15) is 0 Å². The Morgan fingerprint density at radius 3 is 2.48 bits per heavy atom. The number of anilines is 2. The van der Waals surface area contributed by atoms with Crippen molar-refractivity contribution in [2.24, 2.45) is 0 Å². The summed E-state index contributed by atoms with van der Waals surface area (Å²) in [6, 6.07) is 12.4. The van der Waals surface area contributed by atoms with Gasteiger partial charge in [-0.05, 0) is 44.2 Å². The number of hydrogen-bond acceptors (Lipinski definition) is 6. The van der Waals surface area contributed by atoms with Crippen molar-refractivity contribution >= 4 is 34.4 Å². The van der Waals surface area contributed by atoms with E-state index < -0.39 is 0 Å². The van der Waals surface area contributed by atoms with Gasteiger partial charge in [0.15, 0.2) is 5.78 Å². The zero-order valence-electron chi connectivity index (χ0n) is 18.8. The van der Waals surface area contributed by atoms with Crippen molar-refractivity contribution in [3.63, 3.8) is 0 Å². The van der Waals surface area contributed by atoms with Crippen molar-refractivity contribution in [1.82, 2.24) is 9.88 Å². The van der Waals surface area contributed by atoms with Gasteiger partial charge in [0.1, 0.15) is 10.8 Å². The summed E-state index contributed by atoms with van der Waals surface area (Å²) in [4.78, 5) is 32.7. The summed E-state index contributed by atoms with van der Waals surface area (Å²) >= 11 is 1.50. The molecule has 1 amide bonds. The van der Waals surface area contributed by atoms with E-state index in [0.29, 0.717) is 30.9 Å². The minimum absolute atomic E-state index is 0.0776. The fourth-order valence-electron chi connectivity index (χ4n) is 3.84. The van der Waals surface area contributed by atoms with Crippen molar-refractivity contribution in [3.05, 3.63) is 75.5 Å². The predicted molar refractivity (Wildman–Crippen MR) is 130 cm³/mol. The van der Waals surface area contributed by atoms with Crippen LogP contribution in [0.2, 0.25) is 0 Å². The molecule has 1 N–H and O–H groups in total. The van der Waals surface area contributed by atoms with Crippen LogP contribution < -0.4 is 10.2 Å². The van der Waals surface area contributed by atoms with Gasteiger partial charge in [-0.15, -0.1) is 11.3 Å². The summed E-state index contributed by atoms with van der Waals surface area (Å²) < 4.78 is 14.5. The number of amides is 1. The molecule has 0 atom stereocenters. The molecule has 0 bridgehead atoms. The van der Waals surface area contributed by atoms with Gasteiger partial charge in [-0.25, -0.2) is 9.37 Å². The highest BCUT2D eigenvalue weighted by Gasteiger charge is 2.21. The first kappa shape index (κ1) is 23.1. The number of thiazole rings is 1. The molecule has 0 saturated carbocycles. The number of piperazine rings is 1. The van der Waals surface area contributed by atoms with Crippen molar-refractivity contribution in [1.29, 1.82) is 0 Å². The van der Waals surface area contributed by atoms with Crippen LogP contribution in [-0.2, 0) is 17.8 Å². The van der Waals surface area contributed by atoms with Gasteiger partial charge in [0.2, 0.25) is 5.91 Å². The Bertz CT molecular complexity index is 1140. The molecule has 1 aromatic heterocycles. The van der Waals surface area contributed by atoms with Gasteiger partial charge in [0.25, 0.3) is 0 Å². The molecule has 1 saturated heterocycles. The molecule has 2 heterocycles. The number of hydrogen-bond donors (Lipinski definition) is 1. The molecule has 3 aromatic rings. The monoisotopic (exact) mass is 466 g/mol. The average Bonchev–Trinajstić information content (AvgIpc) is 3.22. The third-order valence-corrected chi connectivity index (χ3v) is 6.60. The highest BCUT2D eigenvalue weighted by Crippen LogP contribution is 2.23. The highest BCUT2D eigenvalue weighted by atomic mass is 32.1. The first-order valence-electron chi connectivity index (χ1n) is 10.9. The Morgan fingerprint density at radius 1 is 1.09 bits per heavy atom. The molecule has 8 heteroatoms. The van der Waals surface area contributed by atoms with Gasteiger partial charge < -0.3 is 10.2 Å². The second-order valence-corrected chi connectivity index (χ2v) is 9.25. The molecule has 4 rings (SSSR count). The van der Waals surface area contributed by atoms with Gasteiger partial charge >= 0.3 is 0 Å².